The van der Waals surface area contributed by atoms with Crippen molar-refractivity contribution < 1.29 is 9.59 Å². The van der Waals surface area contributed by atoms with E-state index < -0.39 is 0 Å². The third kappa shape index (κ3) is 5.64. The van der Waals surface area contributed by atoms with Gasteiger partial charge in [-0.2, -0.15) is 0 Å². The molecule has 0 radical (unpaired) electrons. The molecule has 1 N–H and O–H groups in total. The van der Waals surface area contributed by atoms with Crippen LogP contribution in [-0.2, 0) is 4.79 Å². The van der Waals surface area contributed by atoms with Crippen molar-refractivity contribution in [3.63, 3.8) is 0 Å². The van der Waals surface area contributed by atoms with E-state index in [-0.39, 0.29) is 25.3 Å². The first-order valence-corrected chi connectivity index (χ1v) is 11.0. The number of carbonyl (C=O) groups excluding carboxylic acids is 2. The van der Waals surface area contributed by atoms with Crippen LogP contribution in [0.4, 0.5) is 5.69 Å². The van der Waals surface area contributed by atoms with Crippen molar-refractivity contribution in [2.75, 3.05) is 11.4 Å². The van der Waals surface area contributed by atoms with Crippen LogP contribution in [0.25, 0.3) is 11.1 Å². The van der Waals surface area contributed by atoms with Crippen molar-refractivity contribution in [2.45, 2.75) is 53.5 Å². The van der Waals surface area contributed by atoms with E-state index >= 15 is 0 Å². The fraction of sp³-hybridized carbons (Fsp3) is 0.333. The van der Waals surface area contributed by atoms with Gasteiger partial charge in [-0.25, -0.2) is 9.97 Å². The highest BCUT2D eigenvalue weighted by Gasteiger charge is 2.22. The number of amides is 2. The summed E-state index contributed by atoms with van der Waals surface area (Å²) in [5.41, 5.74) is 5.22. The number of hydrogen-bond acceptors (Lipinski definition) is 4. The molecule has 1 atom stereocenters. The molecule has 2 heterocycles. The zero-order chi connectivity index (χ0) is 22.7. The summed E-state index contributed by atoms with van der Waals surface area (Å²) in [6.45, 7) is 6.45. The van der Waals surface area contributed by atoms with E-state index in [0.717, 1.165) is 35.2 Å². The molecule has 4 rings (SSSR count). The number of hydrogen-bond donors (Lipinski definition) is 1. The van der Waals surface area contributed by atoms with Crippen LogP contribution >= 0.6 is 0 Å². The standard InChI is InChI=1S/C26H28N4O2.CH4/c1-17-7-9-20(10-8-17)21-12-22(14-24(13-21)30-11-5-4-6-25(30)31)26(32)29-18(2)23-15-27-19(3)28-16-23;/h7-10,12-16,18H,4-6,11H2,1-3H3,(H,29,32);1H4/t18-;/m1./s1. The van der Waals surface area contributed by atoms with Crippen molar-refractivity contribution in [3.05, 3.63) is 77.4 Å². The summed E-state index contributed by atoms with van der Waals surface area (Å²) < 4.78 is 0. The Morgan fingerprint density at radius 1 is 1.00 bits per heavy atom. The minimum absolute atomic E-state index is 0. The van der Waals surface area contributed by atoms with Gasteiger partial charge < -0.3 is 10.2 Å². The lowest BCUT2D eigenvalue weighted by Crippen LogP contribution is -2.35. The predicted octanol–water partition coefficient (Wildman–Crippen LogP) is 5.40. The largest absolute Gasteiger partial charge is 0.345 e. The number of nitrogens with one attached hydrogen (secondary N) is 1. The lowest BCUT2D eigenvalue weighted by Gasteiger charge is -2.28. The van der Waals surface area contributed by atoms with Gasteiger partial charge >= 0.3 is 0 Å². The average molecular weight is 445 g/mol. The van der Waals surface area contributed by atoms with Gasteiger partial charge in [0.2, 0.25) is 5.91 Å². The number of carbonyl (C=O) groups is 2. The van der Waals surface area contributed by atoms with E-state index in [2.05, 4.69) is 15.3 Å². The van der Waals surface area contributed by atoms with Gasteiger partial charge in [0.1, 0.15) is 5.82 Å². The minimum Gasteiger partial charge on any atom is -0.345 e. The zero-order valence-corrected chi connectivity index (χ0v) is 18.8. The fourth-order valence-corrected chi connectivity index (χ4v) is 3.88. The maximum Gasteiger partial charge on any atom is 0.251 e. The van der Waals surface area contributed by atoms with Gasteiger partial charge in [0.25, 0.3) is 5.91 Å². The van der Waals surface area contributed by atoms with Gasteiger partial charge in [-0.15, -0.1) is 0 Å². The molecule has 0 aliphatic carbocycles. The van der Waals surface area contributed by atoms with Crippen molar-refractivity contribution in [3.8, 4) is 11.1 Å². The Balaban J connectivity index is 0.00000306. The Morgan fingerprint density at radius 3 is 2.36 bits per heavy atom. The normalized spacial score (nSPS) is 14.4. The first kappa shape index (κ1) is 24.1. The molecule has 0 bridgehead atoms. The van der Waals surface area contributed by atoms with Gasteiger partial charge in [-0.3, -0.25) is 9.59 Å². The molecule has 6 heteroatoms. The second-order valence-electron chi connectivity index (χ2n) is 8.40. The molecule has 2 aromatic carbocycles. The summed E-state index contributed by atoms with van der Waals surface area (Å²) >= 11 is 0. The first-order valence-electron chi connectivity index (χ1n) is 11.0. The molecule has 1 fully saturated rings. The van der Waals surface area contributed by atoms with Crippen LogP contribution in [-0.4, -0.2) is 28.3 Å². The van der Waals surface area contributed by atoms with Crippen molar-refractivity contribution in [1.29, 1.82) is 0 Å². The molecule has 0 unspecified atom stereocenters. The number of aryl methyl sites for hydroxylation is 2. The lowest BCUT2D eigenvalue weighted by molar-refractivity contribution is -0.119. The number of nitrogens with zero attached hydrogens (tertiary/aromatic N) is 3. The van der Waals surface area contributed by atoms with E-state index in [4.69, 9.17) is 0 Å². The summed E-state index contributed by atoms with van der Waals surface area (Å²) in [5, 5.41) is 3.04. The molecule has 172 valence electrons. The highest BCUT2D eigenvalue weighted by molar-refractivity contribution is 6.00. The zero-order valence-electron chi connectivity index (χ0n) is 18.8. The van der Waals surface area contributed by atoms with Gasteiger partial charge in [-0.1, -0.05) is 37.3 Å². The smallest absolute Gasteiger partial charge is 0.251 e. The fourth-order valence-electron chi connectivity index (χ4n) is 3.88. The molecule has 1 aliphatic heterocycles. The first-order chi connectivity index (χ1) is 15.4. The SMILES string of the molecule is C.Cc1ccc(-c2cc(C(=O)N[C@H](C)c3cnc(C)nc3)cc(N3CCCCC3=O)c2)cc1. The van der Waals surface area contributed by atoms with E-state index in [1.54, 1.807) is 17.3 Å². The second-order valence-corrected chi connectivity index (χ2v) is 8.40. The maximum absolute atomic E-state index is 13.2. The molecule has 0 spiro atoms. The highest BCUT2D eigenvalue weighted by Crippen LogP contribution is 2.30. The Morgan fingerprint density at radius 2 is 1.70 bits per heavy atom. The second kappa shape index (κ2) is 10.4. The van der Waals surface area contributed by atoms with E-state index in [1.165, 1.54) is 5.56 Å². The van der Waals surface area contributed by atoms with E-state index in [1.807, 2.05) is 63.2 Å². The molecule has 1 saturated heterocycles. The highest BCUT2D eigenvalue weighted by atomic mass is 16.2. The number of anilines is 1. The summed E-state index contributed by atoms with van der Waals surface area (Å²) in [7, 11) is 0. The summed E-state index contributed by atoms with van der Waals surface area (Å²) in [5.74, 6) is 0.598. The van der Waals surface area contributed by atoms with Crippen molar-refractivity contribution >= 4 is 17.5 Å². The summed E-state index contributed by atoms with van der Waals surface area (Å²) in [4.78, 5) is 36.0. The molecule has 0 saturated carbocycles. The quantitative estimate of drug-likeness (QED) is 0.571. The minimum atomic E-state index is -0.244. The van der Waals surface area contributed by atoms with Gasteiger partial charge in [-0.05, 0) is 62.9 Å². The topological polar surface area (TPSA) is 75.2 Å². The van der Waals surface area contributed by atoms with Crippen LogP contribution in [0.5, 0.6) is 0 Å². The van der Waals surface area contributed by atoms with Crippen molar-refractivity contribution in [2.24, 2.45) is 0 Å². The van der Waals surface area contributed by atoms with Gasteiger partial charge in [0, 0.05) is 42.2 Å². The molecule has 33 heavy (non-hydrogen) atoms. The monoisotopic (exact) mass is 444 g/mol. The van der Waals surface area contributed by atoms with Crippen LogP contribution in [0, 0.1) is 13.8 Å². The van der Waals surface area contributed by atoms with Crippen LogP contribution in [0.2, 0.25) is 0 Å². The summed E-state index contributed by atoms with van der Waals surface area (Å²) in [6.07, 6.45) is 5.88. The van der Waals surface area contributed by atoms with Crippen LogP contribution in [0.3, 0.4) is 0 Å². The maximum atomic E-state index is 13.2. The third-order valence-corrected chi connectivity index (χ3v) is 5.85. The molecular formula is C27H32N4O2. The van der Waals surface area contributed by atoms with Gasteiger partial charge in [0.15, 0.2) is 0 Å². The van der Waals surface area contributed by atoms with Crippen LogP contribution in [0.15, 0.2) is 54.9 Å². The molecule has 3 aromatic rings. The average Bonchev–Trinajstić information content (AvgIpc) is 2.80. The number of benzene rings is 2. The number of aromatic nitrogens is 2. The van der Waals surface area contributed by atoms with E-state index in [0.29, 0.717) is 24.4 Å². The number of piperidine rings is 1. The Hall–Kier alpha value is -3.54. The predicted molar refractivity (Wildman–Crippen MR) is 132 cm³/mol. The molecule has 6 nitrogen and oxygen atoms in total. The molecule has 2 amide bonds. The van der Waals surface area contributed by atoms with Gasteiger partial charge in [0.05, 0.1) is 6.04 Å². The van der Waals surface area contributed by atoms with Crippen LogP contribution in [0.1, 0.15) is 67.0 Å². The summed E-state index contributed by atoms with van der Waals surface area (Å²) in [6, 6.07) is 13.6. The van der Waals surface area contributed by atoms with E-state index in [9.17, 15) is 9.59 Å². The Labute approximate surface area is 196 Å². The Kier molecular flexibility index (Phi) is 7.59. The Bertz CT molecular complexity index is 1120. The molecule has 1 aliphatic rings. The number of rotatable bonds is 5. The van der Waals surface area contributed by atoms with Crippen LogP contribution < -0.4 is 10.2 Å². The third-order valence-electron chi connectivity index (χ3n) is 5.85. The molecular weight excluding hydrogens is 412 g/mol. The van der Waals surface area contributed by atoms with Crippen molar-refractivity contribution in [1.82, 2.24) is 15.3 Å². The molecule has 1 aromatic heterocycles. The lowest BCUT2D eigenvalue weighted by atomic mass is 9.99.